The number of amides is 1. The van der Waals surface area contributed by atoms with Crippen LogP contribution in [0, 0.1) is 5.92 Å². The van der Waals surface area contributed by atoms with E-state index in [2.05, 4.69) is 17.4 Å². The fourth-order valence-corrected chi connectivity index (χ4v) is 3.70. The average molecular weight is 362 g/mol. The van der Waals surface area contributed by atoms with E-state index in [4.69, 9.17) is 16.3 Å². The molecule has 2 aromatic carbocycles. The summed E-state index contributed by atoms with van der Waals surface area (Å²) in [6.07, 6.45) is 0.679. The van der Waals surface area contributed by atoms with E-state index in [0.717, 1.165) is 22.8 Å². The maximum absolute atomic E-state index is 12.3. The summed E-state index contributed by atoms with van der Waals surface area (Å²) < 4.78 is 5.67. The molecule has 126 valence electrons. The predicted molar refractivity (Wildman–Crippen MR) is 99.8 cm³/mol. The Morgan fingerprint density at radius 2 is 2.08 bits per heavy atom. The van der Waals surface area contributed by atoms with E-state index in [0.29, 0.717) is 24.6 Å². The highest BCUT2D eigenvalue weighted by Crippen LogP contribution is 2.29. The topological polar surface area (TPSA) is 38.3 Å². The number of ether oxygens (including phenoxy) is 1. The van der Waals surface area contributed by atoms with Crippen LogP contribution in [0.25, 0.3) is 0 Å². The fourth-order valence-electron chi connectivity index (χ4n) is 2.69. The van der Waals surface area contributed by atoms with E-state index in [1.807, 2.05) is 48.2 Å². The molecule has 0 unspecified atom stereocenters. The first-order valence-corrected chi connectivity index (χ1v) is 9.56. The summed E-state index contributed by atoms with van der Waals surface area (Å²) in [4.78, 5) is 12.3. The van der Waals surface area contributed by atoms with E-state index >= 15 is 0 Å². The molecule has 3 nitrogen and oxygen atoms in total. The first-order chi connectivity index (χ1) is 11.7. The molecular weight excluding hydrogens is 342 g/mol. The summed E-state index contributed by atoms with van der Waals surface area (Å²) in [5.74, 6) is 2.61. The molecule has 0 saturated carbocycles. The molecule has 0 saturated heterocycles. The van der Waals surface area contributed by atoms with Crippen LogP contribution in [0.1, 0.15) is 11.1 Å². The number of carbonyl (C=O) groups is 1. The highest BCUT2D eigenvalue weighted by Gasteiger charge is 2.25. The van der Waals surface area contributed by atoms with Crippen molar-refractivity contribution in [2.75, 3.05) is 18.9 Å². The van der Waals surface area contributed by atoms with Gasteiger partial charge in [-0.3, -0.25) is 4.79 Å². The Balaban J connectivity index is 1.40. The van der Waals surface area contributed by atoms with Crippen LogP contribution in [0.2, 0.25) is 5.02 Å². The van der Waals surface area contributed by atoms with Gasteiger partial charge in [0.25, 0.3) is 0 Å². The largest absolute Gasteiger partial charge is 0.492 e. The molecule has 0 bridgehead atoms. The Kier molecular flexibility index (Phi) is 6.05. The van der Waals surface area contributed by atoms with Gasteiger partial charge >= 0.3 is 0 Å². The van der Waals surface area contributed by atoms with Crippen LogP contribution < -0.4 is 10.1 Å². The van der Waals surface area contributed by atoms with Crippen molar-refractivity contribution in [3.63, 3.8) is 0 Å². The smallest absolute Gasteiger partial charge is 0.226 e. The third-order valence-electron chi connectivity index (χ3n) is 3.96. The third kappa shape index (κ3) is 4.68. The number of carbonyl (C=O) groups excluding carboxylic acids is 1. The molecule has 0 aliphatic carbocycles. The van der Waals surface area contributed by atoms with E-state index in [1.54, 1.807) is 0 Å². The molecule has 3 rings (SSSR count). The van der Waals surface area contributed by atoms with Crippen molar-refractivity contribution < 1.29 is 9.53 Å². The maximum atomic E-state index is 12.3. The van der Waals surface area contributed by atoms with Crippen molar-refractivity contribution in [2.24, 2.45) is 5.92 Å². The SMILES string of the molecule is O=C(NCCSCc1ccccc1)[C@H]1COc2ccc(Cl)cc2C1. The van der Waals surface area contributed by atoms with Crippen LogP contribution in [0.15, 0.2) is 48.5 Å². The van der Waals surface area contributed by atoms with Crippen molar-refractivity contribution in [1.29, 1.82) is 0 Å². The highest BCUT2D eigenvalue weighted by molar-refractivity contribution is 7.98. The molecule has 1 heterocycles. The van der Waals surface area contributed by atoms with E-state index < -0.39 is 0 Å². The van der Waals surface area contributed by atoms with Crippen molar-refractivity contribution in [1.82, 2.24) is 5.32 Å². The lowest BCUT2D eigenvalue weighted by atomic mass is 9.96. The molecule has 1 amide bonds. The number of nitrogens with one attached hydrogen (secondary N) is 1. The quantitative estimate of drug-likeness (QED) is 0.792. The van der Waals surface area contributed by atoms with E-state index in [9.17, 15) is 4.79 Å². The first-order valence-electron chi connectivity index (χ1n) is 8.03. The number of benzene rings is 2. The zero-order chi connectivity index (χ0) is 16.8. The van der Waals surface area contributed by atoms with Gasteiger partial charge in [-0.05, 0) is 35.7 Å². The number of halogens is 1. The Labute approximate surface area is 151 Å². The number of fused-ring (bicyclic) bond motifs is 1. The van der Waals surface area contributed by atoms with Gasteiger partial charge in [0, 0.05) is 23.1 Å². The second-order valence-corrected chi connectivity index (χ2v) is 7.33. The molecule has 2 aromatic rings. The van der Waals surface area contributed by atoms with Gasteiger partial charge in [-0.25, -0.2) is 0 Å². The van der Waals surface area contributed by atoms with Gasteiger partial charge in [-0.15, -0.1) is 0 Å². The minimum absolute atomic E-state index is 0.0564. The zero-order valence-corrected chi connectivity index (χ0v) is 14.9. The number of hydrogen-bond acceptors (Lipinski definition) is 3. The predicted octanol–water partition coefficient (Wildman–Crippen LogP) is 3.94. The molecule has 0 spiro atoms. The molecule has 0 aromatic heterocycles. The van der Waals surface area contributed by atoms with Crippen LogP contribution in [-0.4, -0.2) is 24.8 Å². The standard InChI is InChI=1S/C19H20ClNO2S/c20-17-6-7-18-15(11-17)10-16(12-23-18)19(22)21-8-9-24-13-14-4-2-1-3-5-14/h1-7,11,16H,8-10,12-13H2,(H,21,22)/t16-/m1/s1. The Morgan fingerprint density at radius 3 is 2.92 bits per heavy atom. The van der Waals surface area contributed by atoms with Gasteiger partial charge < -0.3 is 10.1 Å². The third-order valence-corrected chi connectivity index (χ3v) is 5.22. The van der Waals surface area contributed by atoms with Gasteiger partial charge in [0.05, 0.1) is 5.92 Å². The van der Waals surface area contributed by atoms with Crippen molar-refractivity contribution >= 4 is 29.3 Å². The Hall–Kier alpha value is -1.65. The lowest BCUT2D eigenvalue weighted by Crippen LogP contribution is -2.38. The summed E-state index contributed by atoms with van der Waals surface area (Å²) in [5.41, 5.74) is 2.32. The summed E-state index contributed by atoms with van der Waals surface area (Å²) in [7, 11) is 0. The molecule has 0 fully saturated rings. The summed E-state index contributed by atoms with van der Waals surface area (Å²) >= 11 is 7.84. The van der Waals surface area contributed by atoms with Crippen LogP contribution in [0.3, 0.4) is 0 Å². The van der Waals surface area contributed by atoms with Gasteiger partial charge in [0.1, 0.15) is 12.4 Å². The highest BCUT2D eigenvalue weighted by atomic mass is 35.5. The summed E-state index contributed by atoms with van der Waals surface area (Å²) in [6.45, 7) is 1.10. The summed E-state index contributed by atoms with van der Waals surface area (Å²) in [6, 6.07) is 15.9. The second kappa shape index (κ2) is 8.45. The van der Waals surface area contributed by atoms with Gasteiger partial charge in [0.2, 0.25) is 5.91 Å². The van der Waals surface area contributed by atoms with Gasteiger partial charge in [-0.1, -0.05) is 41.9 Å². The summed E-state index contributed by atoms with van der Waals surface area (Å²) in [5, 5.41) is 3.69. The first kappa shape index (κ1) is 17.2. The number of hydrogen-bond donors (Lipinski definition) is 1. The molecule has 1 aliphatic heterocycles. The van der Waals surface area contributed by atoms with Gasteiger partial charge in [0.15, 0.2) is 0 Å². The van der Waals surface area contributed by atoms with Crippen LogP contribution in [0.4, 0.5) is 0 Å². The van der Waals surface area contributed by atoms with Gasteiger partial charge in [-0.2, -0.15) is 11.8 Å². The molecule has 0 radical (unpaired) electrons. The van der Waals surface area contributed by atoms with Crippen molar-refractivity contribution in [3.8, 4) is 5.75 Å². The Morgan fingerprint density at radius 1 is 1.25 bits per heavy atom. The van der Waals surface area contributed by atoms with Crippen molar-refractivity contribution in [3.05, 3.63) is 64.7 Å². The molecule has 1 N–H and O–H groups in total. The molecule has 1 atom stereocenters. The molecule has 1 aliphatic rings. The fraction of sp³-hybridized carbons (Fsp3) is 0.316. The molecular formula is C19H20ClNO2S. The molecule has 5 heteroatoms. The number of rotatable bonds is 6. The zero-order valence-electron chi connectivity index (χ0n) is 13.3. The Bertz CT molecular complexity index is 693. The normalized spacial score (nSPS) is 16.1. The lowest BCUT2D eigenvalue weighted by Gasteiger charge is -2.24. The maximum Gasteiger partial charge on any atom is 0.226 e. The van der Waals surface area contributed by atoms with Crippen LogP contribution in [-0.2, 0) is 17.0 Å². The average Bonchev–Trinajstić information content (AvgIpc) is 2.61. The van der Waals surface area contributed by atoms with E-state index in [-0.39, 0.29) is 11.8 Å². The minimum Gasteiger partial charge on any atom is -0.492 e. The minimum atomic E-state index is -0.143. The molecule has 24 heavy (non-hydrogen) atoms. The monoisotopic (exact) mass is 361 g/mol. The van der Waals surface area contributed by atoms with Crippen LogP contribution in [0.5, 0.6) is 5.75 Å². The van der Waals surface area contributed by atoms with Crippen LogP contribution >= 0.6 is 23.4 Å². The van der Waals surface area contributed by atoms with E-state index in [1.165, 1.54) is 5.56 Å². The van der Waals surface area contributed by atoms with Crippen molar-refractivity contribution in [2.45, 2.75) is 12.2 Å². The lowest BCUT2D eigenvalue weighted by molar-refractivity contribution is -0.126. The second-order valence-electron chi connectivity index (χ2n) is 5.79. The number of thioether (sulfide) groups is 1.